The average molecular weight is 324 g/mol. The van der Waals surface area contributed by atoms with Crippen molar-refractivity contribution in [2.45, 2.75) is 46.0 Å². The number of hydrogen-bond donors (Lipinski definition) is 0. The Bertz CT molecular complexity index is 646. The SMILES string of the molecule is CC(C)(C)Cc1c(-c2c(Cl)cccc2Cl)noc1C1CC1. The lowest BCUT2D eigenvalue weighted by Crippen LogP contribution is -2.10. The first kappa shape index (κ1) is 14.9. The molecule has 0 unspecified atom stereocenters. The summed E-state index contributed by atoms with van der Waals surface area (Å²) in [4.78, 5) is 0. The van der Waals surface area contributed by atoms with Crippen molar-refractivity contribution in [2.75, 3.05) is 0 Å². The molecule has 1 aromatic heterocycles. The van der Waals surface area contributed by atoms with Gasteiger partial charge in [-0.3, -0.25) is 0 Å². The molecule has 112 valence electrons. The fourth-order valence-corrected chi connectivity index (χ4v) is 3.19. The first-order valence-electron chi connectivity index (χ1n) is 7.29. The van der Waals surface area contributed by atoms with Gasteiger partial charge in [-0.2, -0.15) is 0 Å². The minimum absolute atomic E-state index is 0.150. The average Bonchev–Trinajstić information content (AvgIpc) is 3.12. The van der Waals surface area contributed by atoms with Crippen molar-refractivity contribution in [1.29, 1.82) is 0 Å². The van der Waals surface area contributed by atoms with Gasteiger partial charge in [0, 0.05) is 17.0 Å². The minimum atomic E-state index is 0.150. The van der Waals surface area contributed by atoms with Gasteiger partial charge >= 0.3 is 0 Å². The minimum Gasteiger partial charge on any atom is -0.360 e. The quantitative estimate of drug-likeness (QED) is 0.680. The van der Waals surface area contributed by atoms with E-state index in [4.69, 9.17) is 27.7 Å². The Kier molecular flexibility index (Phi) is 3.79. The number of rotatable bonds is 3. The highest BCUT2D eigenvalue weighted by molar-refractivity contribution is 6.39. The molecule has 1 aromatic carbocycles. The van der Waals surface area contributed by atoms with Gasteiger partial charge in [0.25, 0.3) is 0 Å². The fourth-order valence-electron chi connectivity index (χ4n) is 2.61. The molecule has 4 heteroatoms. The Morgan fingerprint density at radius 1 is 1.19 bits per heavy atom. The predicted octanol–water partition coefficient (Wildman–Crippen LogP) is 6.11. The Morgan fingerprint density at radius 2 is 1.81 bits per heavy atom. The zero-order valence-electron chi connectivity index (χ0n) is 12.5. The van der Waals surface area contributed by atoms with E-state index in [0.29, 0.717) is 16.0 Å². The van der Waals surface area contributed by atoms with Crippen molar-refractivity contribution in [3.05, 3.63) is 39.6 Å². The maximum atomic E-state index is 6.35. The largest absolute Gasteiger partial charge is 0.360 e. The number of halogens is 2. The van der Waals surface area contributed by atoms with Crippen molar-refractivity contribution in [2.24, 2.45) is 5.41 Å². The van der Waals surface area contributed by atoms with Crippen LogP contribution in [0.3, 0.4) is 0 Å². The molecule has 0 amide bonds. The summed E-state index contributed by atoms with van der Waals surface area (Å²) in [6, 6.07) is 5.53. The van der Waals surface area contributed by atoms with Crippen LogP contribution in [-0.4, -0.2) is 5.16 Å². The van der Waals surface area contributed by atoms with Gasteiger partial charge in [-0.1, -0.05) is 55.2 Å². The van der Waals surface area contributed by atoms with Gasteiger partial charge in [-0.15, -0.1) is 0 Å². The summed E-state index contributed by atoms with van der Waals surface area (Å²) in [5.74, 6) is 1.54. The third kappa shape index (κ3) is 3.12. The highest BCUT2D eigenvalue weighted by Crippen LogP contribution is 2.47. The zero-order chi connectivity index (χ0) is 15.2. The molecular weight excluding hydrogens is 305 g/mol. The second-order valence-electron chi connectivity index (χ2n) is 6.98. The number of hydrogen-bond acceptors (Lipinski definition) is 2. The molecule has 0 saturated heterocycles. The molecule has 1 heterocycles. The van der Waals surface area contributed by atoms with Crippen LogP contribution >= 0.6 is 23.2 Å². The number of benzene rings is 1. The molecule has 0 atom stereocenters. The summed E-state index contributed by atoms with van der Waals surface area (Å²) >= 11 is 12.7. The first-order chi connectivity index (χ1) is 9.87. The lowest BCUT2D eigenvalue weighted by atomic mass is 9.85. The lowest BCUT2D eigenvalue weighted by molar-refractivity contribution is 0.374. The second-order valence-corrected chi connectivity index (χ2v) is 7.80. The Morgan fingerprint density at radius 3 is 2.33 bits per heavy atom. The Hall–Kier alpha value is -0.990. The van der Waals surface area contributed by atoms with Gasteiger partial charge in [-0.05, 0) is 36.8 Å². The summed E-state index contributed by atoms with van der Waals surface area (Å²) in [5.41, 5.74) is 2.91. The molecule has 0 spiro atoms. The van der Waals surface area contributed by atoms with Crippen LogP contribution < -0.4 is 0 Å². The van der Waals surface area contributed by atoms with Crippen LogP contribution in [0.25, 0.3) is 11.3 Å². The first-order valence-corrected chi connectivity index (χ1v) is 8.05. The molecule has 0 aliphatic heterocycles. The van der Waals surface area contributed by atoms with Crippen molar-refractivity contribution in [3.8, 4) is 11.3 Å². The van der Waals surface area contributed by atoms with Crippen LogP contribution in [0.2, 0.25) is 10.0 Å². The van der Waals surface area contributed by atoms with Crippen molar-refractivity contribution in [3.63, 3.8) is 0 Å². The zero-order valence-corrected chi connectivity index (χ0v) is 14.1. The maximum Gasteiger partial charge on any atom is 0.143 e. The summed E-state index contributed by atoms with van der Waals surface area (Å²) in [7, 11) is 0. The van der Waals surface area contributed by atoms with Gasteiger partial charge in [-0.25, -0.2) is 0 Å². The van der Waals surface area contributed by atoms with Gasteiger partial charge in [0.1, 0.15) is 11.5 Å². The van der Waals surface area contributed by atoms with Crippen molar-refractivity contribution in [1.82, 2.24) is 5.16 Å². The molecule has 1 aliphatic rings. The third-order valence-corrected chi connectivity index (χ3v) is 4.30. The highest BCUT2D eigenvalue weighted by atomic mass is 35.5. The number of nitrogens with zero attached hydrogens (tertiary/aromatic N) is 1. The Labute approximate surface area is 135 Å². The molecule has 1 aliphatic carbocycles. The molecule has 1 saturated carbocycles. The van der Waals surface area contributed by atoms with Crippen molar-refractivity contribution >= 4 is 23.2 Å². The maximum absolute atomic E-state index is 6.35. The predicted molar refractivity (Wildman–Crippen MR) is 87.1 cm³/mol. The van der Waals surface area contributed by atoms with Crippen LogP contribution in [0.4, 0.5) is 0 Å². The molecule has 3 rings (SSSR count). The van der Waals surface area contributed by atoms with E-state index in [1.165, 1.54) is 18.4 Å². The molecule has 21 heavy (non-hydrogen) atoms. The van der Waals surface area contributed by atoms with Crippen LogP contribution in [0.15, 0.2) is 22.7 Å². The fraction of sp³-hybridized carbons (Fsp3) is 0.471. The molecule has 1 fully saturated rings. The molecule has 2 aromatic rings. The van der Waals surface area contributed by atoms with Crippen LogP contribution in [0, 0.1) is 5.41 Å². The Balaban J connectivity index is 2.14. The van der Waals surface area contributed by atoms with Gasteiger partial charge in [0.2, 0.25) is 0 Å². The topological polar surface area (TPSA) is 26.0 Å². The van der Waals surface area contributed by atoms with E-state index >= 15 is 0 Å². The monoisotopic (exact) mass is 323 g/mol. The van der Waals surface area contributed by atoms with Crippen LogP contribution in [-0.2, 0) is 6.42 Å². The molecule has 0 N–H and O–H groups in total. The normalized spacial score (nSPS) is 15.5. The lowest BCUT2D eigenvalue weighted by Gasteiger charge is -2.19. The van der Waals surface area contributed by atoms with Gasteiger partial charge < -0.3 is 4.52 Å². The molecule has 2 nitrogen and oxygen atoms in total. The van der Waals surface area contributed by atoms with E-state index in [1.54, 1.807) is 0 Å². The van der Waals surface area contributed by atoms with Crippen LogP contribution in [0.1, 0.15) is 50.9 Å². The van der Waals surface area contributed by atoms with E-state index in [9.17, 15) is 0 Å². The molecule has 0 bridgehead atoms. The van der Waals surface area contributed by atoms with E-state index in [0.717, 1.165) is 23.4 Å². The highest BCUT2D eigenvalue weighted by Gasteiger charge is 2.34. The summed E-state index contributed by atoms with van der Waals surface area (Å²) in [5, 5.41) is 5.55. The smallest absolute Gasteiger partial charge is 0.143 e. The standard InChI is InChI=1S/C17H19Cl2NO/c1-17(2,3)9-11-15(20-21-16(11)10-7-8-10)14-12(18)5-4-6-13(14)19/h4-6,10H,7-9H2,1-3H3. The summed E-state index contributed by atoms with van der Waals surface area (Å²) < 4.78 is 5.66. The summed E-state index contributed by atoms with van der Waals surface area (Å²) in [6.07, 6.45) is 3.27. The van der Waals surface area contributed by atoms with Crippen molar-refractivity contribution < 1.29 is 4.52 Å². The molecular formula is C17H19Cl2NO. The third-order valence-electron chi connectivity index (χ3n) is 3.67. The van der Waals surface area contributed by atoms with E-state index < -0.39 is 0 Å². The van der Waals surface area contributed by atoms with Gasteiger partial charge in [0.05, 0.1) is 10.0 Å². The molecule has 0 radical (unpaired) electrons. The number of aromatic nitrogens is 1. The second kappa shape index (κ2) is 5.33. The van der Waals surface area contributed by atoms with Crippen LogP contribution in [0.5, 0.6) is 0 Å². The summed E-state index contributed by atoms with van der Waals surface area (Å²) in [6.45, 7) is 6.65. The van der Waals surface area contributed by atoms with Gasteiger partial charge in [0.15, 0.2) is 0 Å². The van der Waals surface area contributed by atoms with E-state index in [-0.39, 0.29) is 5.41 Å². The van der Waals surface area contributed by atoms with E-state index in [2.05, 4.69) is 25.9 Å². The van der Waals surface area contributed by atoms with E-state index in [1.807, 2.05) is 18.2 Å².